The lowest BCUT2D eigenvalue weighted by atomic mass is 10.1. The predicted octanol–water partition coefficient (Wildman–Crippen LogP) is 3.75. The van der Waals surface area contributed by atoms with Crippen LogP contribution in [0.3, 0.4) is 0 Å². The Labute approximate surface area is 133 Å². The molecule has 0 fully saturated rings. The highest BCUT2D eigenvalue weighted by atomic mass is 16.5. The molecule has 114 valence electrons. The van der Waals surface area contributed by atoms with Gasteiger partial charge in [0.05, 0.1) is 17.6 Å². The van der Waals surface area contributed by atoms with Crippen LogP contribution in [0.5, 0.6) is 5.75 Å². The number of aromatic nitrogens is 2. The first kappa shape index (κ1) is 13.8. The molecule has 3 aromatic carbocycles. The van der Waals surface area contributed by atoms with E-state index in [1.807, 2.05) is 36.4 Å². The summed E-state index contributed by atoms with van der Waals surface area (Å²) < 4.78 is 6.08. The van der Waals surface area contributed by atoms with E-state index in [1.54, 1.807) is 0 Å². The van der Waals surface area contributed by atoms with Crippen molar-refractivity contribution in [2.75, 3.05) is 0 Å². The second kappa shape index (κ2) is 5.74. The number of nitrogens with zero attached hydrogens (tertiary/aromatic N) is 1. The van der Waals surface area contributed by atoms with Gasteiger partial charge in [-0.2, -0.15) is 0 Å². The fraction of sp³-hybridized carbons (Fsp3) is 0.105. The van der Waals surface area contributed by atoms with Gasteiger partial charge in [-0.1, -0.05) is 54.6 Å². The van der Waals surface area contributed by atoms with E-state index in [1.165, 1.54) is 0 Å². The lowest BCUT2D eigenvalue weighted by Crippen LogP contribution is -1.97. The van der Waals surface area contributed by atoms with Crippen molar-refractivity contribution in [1.29, 1.82) is 0 Å². The fourth-order valence-corrected chi connectivity index (χ4v) is 2.81. The highest BCUT2D eigenvalue weighted by molar-refractivity contribution is 6.07. The molecule has 1 heterocycles. The zero-order valence-corrected chi connectivity index (χ0v) is 12.6. The third kappa shape index (κ3) is 2.53. The maximum atomic E-state index is 6.08. The molecular weight excluding hydrogens is 286 g/mol. The number of rotatable bonds is 4. The summed E-state index contributed by atoms with van der Waals surface area (Å²) in [7, 11) is 0. The van der Waals surface area contributed by atoms with E-state index < -0.39 is 0 Å². The van der Waals surface area contributed by atoms with E-state index in [9.17, 15) is 0 Å². The first-order valence-electron chi connectivity index (χ1n) is 7.62. The zero-order valence-electron chi connectivity index (χ0n) is 12.6. The highest BCUT2D eigenvalue weighted by Gasteiger charge is 2.11. The molecule has 4 rings (SSSR count). The third-order valence-electron chi connectivity index (χ3n) is 3.93. The molecule has 0 bridgehead atoms. The number of imidazole rings is 1. The van der Waals surface area contributed by atoms with Crippen molar-refractivity contribution in [3.8, 4) is 5.75 Å². The number of H-pyrrole nitrogens is 1. The van der Waals surface area contributed by atoms with Crippen molar-refractivity contribution in [3.05, 3.63) is 72.1 Å². The number of ether oxygens (including phenoxy) is 1. The quantitative estimate of drug-likeness (QED) is 0.603. The maximum Gasteiger partial charge on any atom is 0.129 e. The Morgan fingerprint density at radius 2 is 1.70 bits per heavy atom. The fourth-order valence-electron chi connectivity index (χ4n) is 2.81. The van der Waals surface area contributed by atoms with Gasteiger partial charge in [-0.15, -0.1) is 0 Å². The summed E-state index contributed by atoms with van der Waals surface area (Å²) in [6.07, 6.45) is 0. The Morgan fingerprint density at radius 3 is 2.48 bits per heavy atom. The summed E-state index contributed by atoms with van der Waals surface area (Å²) in [5, 5.41) is 2.13. The van der Waals surface area contributed by atoms with Crippen LogP contribution in [0.15, 0.2) is 60.7 Å². The third-order valence-corrected chi connectivity index (χ3v) is 3.93. The van der Waals surface area contributed by atoms with Crippen molar-refractivity contribution in [2.45, 2.75) is 13.2 Å². The van der Waals surface area contributed by atoms with E-state index in [0.717, 1.165) is 38.9 Å². The monoisotopic (exact) mass is 303 g/mol. The van der Waals surface area contributed by atoms with E-state index >= 15 is 0 Å². The van der Waals surface area contributed by atoms with E-state index in [-0.39, 0.29) is 0 Å². The number of nitrogens with one attached hydrogen (secondary N) is 1. The number of hydrogen-bond acceptors (Lipinski definition) is 3. The van der Waals surface area contributed by atoms with Crippen molar-refractivity contribution >= 4 is 21.8 Å². The van der Waals surface area contributed by atoms with Gasteiger partial charge in [0.2, 0.25) is 0 Å². The van der Waals surface area contributed by atoms with Gasteiger partial charge in [-0.25, -0.2) is 4.98 Å². The topological polar surface area (TPSA) is 63.9 Å². The van der Waals surface area contributed by atoms with Crippen molar-refractivity contribution in [2.24, 2.45) is 5.73 Å². The van der Waals surface area contributed by atoms with Crippen LogP contribution < -0.4 is 10.5 Å². The Balaban J connectivity index is 1.80. The molecule has 0 aliphatic heterocycles. The predicted molar refractivity (Wildman–Crippen MR) is 92.3 cm³/mol. The normalized spacial score (nSPS) is 11.2. The number of benzene rings is 3. The molecule has 4 nitrogen and oxygen atoms in total. The lowest BCUT2D eigenvalue weighted by molar-refractivity contribution is 0.310. The van der Waals surface area contributed by atoms with Crippen molar-refractivity contribution < 1.29 is 4.74 Å². The number of hydrogen-bond donors (Lipinski definition) is 2. The highest BCUT2D eigenvalue weighted by Crippen LogP contribution is 2.32. The lowest BCUT2D eigenvalue weighted by Gasteiger charge is -2.10. The molecule has 0 saturated heterocycles. The van der Waals surface area contributed by atoms with Crippen LogP contribution in [0.4, 0.5) is 0 Å². The summed E-state index contributed by atoms with van der Waals surface area (Å²) in [6, 6.07) is 20.3. The molecule has 0 spiro atoms. The van der Waals surface area contributed by atoms with Crippen LogP contribution in [-0.4, -0.2) is 9.97 Å². The molecule has 0 aliphatic rings. The van der Waals surface area contributed by atoms with Gasteiger partial charge in [0, 0.05) is 16.8 Å². The molecule has 4 aromatic rings. The van der Waals surface area contributed by atoms with E-state index in [2.05, 4.69) is 34.2 Å². The SMILES string of the molecule is NCc1nc2c(cc(OCc3ccccc3)c3ccccc32)[nH]1. The minimum Gasteiger partial charge on any atom is -0.488 e. The number of nitrogens with two attached hydrogens (primary N) is 1. The Bertz CT molecular complexity index is 960. The van der Waals surface area contributed by atoms with Crippen LogP contribution in [0, 0.1) is 0 Å². The van der Waals surface area contributed by atoms with Crippen molar-refractivity contribution in [3.63, 3.8) is 0 Å². The van der Waals surface area contributed by atoms with E-state index in [0.29, 0.717) is 13.2 Å². The second-order valence-corrected chi connectivity index (χ2v) is 5.48. The van der Waals surface area contributed by atoms with Gasteiger partial charge < -0.3 is 15.5 Å². The minimum atomic E-state index is 0.392. The van der Waals surface area contributed by atoms with Crippen LogP contribution >= 0.6 is 0 Å². The molecule has 0 atom stereocenters. The van der Waals surface area contributed by atoms with Crippen LogP contribution in [0.1, 0.15) is 11.4 Å². The van der Waals surface area contributed by atoms with Gasteiger partial charge in [0.1, 0.15) is 18.2 Å². The molecule has 3 N–H and O–H groups in total. The molecule has 0 saturated carbocycles. The largest absolute Gasteiger partial charge is 0.488 e. The van der Waals surface area contributed by atoms with Crippen LogP contribution in [0.25, 0.3) is 21.8 Å². The standard InChI is InChI=1S/C19H17N3O/c20-11-18-21-16-10-17(23-12-13-6-2-1-3-7-13)14-8-4-5-9-15(14)19(16)22-18/h1-10H,11-12,20H2,(H,21,22). The molecule has 4 heteroatoms. The average molecular weight is 303 g/mol. The molecular formula is C19H17N3O. The minimum absolute atomic E-state index is 0.392. The van der Waals surface area contributed by atoms with Crippen LogP contribution in [-0.2, 0) is 13.2 Å². The van der Waals surface area contributed by atoms with Gasteiger partial charge in [0.15, 0.2) is 0 Å². The molecule has 0 unspecified atom stereocenters. The molecule has 0 aliphatic carbocycles. The average Bonchev–Trinajstić information content (AvgIpc) is 3.04. The van der Waals surface area contributed by atoms with Crippen molar-refractivity contribution in [1.82, 2.24) is 9.97 Å². The number of fused-ring (bicyclic) bond motifs is 3. The summed E-state index contributed by atoms with van der Waals surface area (Å²) in [4.78, 5) is 7.84. The zero-order chi connectivity index (χ0) is 15.6. The first-order valence-corrected chi connectivity index (χ1v) is 7.62. The van der Waals surface area contributed by atoms with Gasteiger partial charge in [-0.3, -0.25) is 0 Å². The molecule has 0 radical (unpaired) electrons. The Morgan fingerprint density at radius 1 is 0.957 bits per heavy atom. The maximum absolute atomic E-state index is 6.08. The molecule has 0 amide bonds. The summed E-state index contributed by atoms with van der Waals surface area (Å²) >= 11 is 0. The number of aromatic amines is 1. The van der Waals surface area contributed by atoms with E-state index in [4.69, 9.17) is 10.5 Å². The second-order valence-electron chi connectivity index (χ2n) is 5.48. The van der Waals surface area contributed by atoms with Gasteiger partial charge in [-0.05, 0) is 5.56 Å². The summed E-state index contributed by atoms with van der Waals surface area (Å²) in [5.74, 6) is 1.63. The van der Waals surface area contributed by atoms with Gasteiger partial charge >= 0.3 is 0 Å². The van der Waals surface area contributed by atoms with Gasteiger partial charge in [0.25, 0.3) is 0 Å². The Kier molecular flexibility index (Phi) is 3.44. The molecule has 1 aromatic heterocycles. The molecule has 23 heavy (non-hydrogen) atoms. The first-order chi connectivity index (χ1) is 11.3. The smallest absolute Gasteiger partial charge is 0.129 e. The summed E-state index contributed by atoms with van der Waals surface area (Å²) in [6.45, 7) is 0.928. The Hall–Kier alpha value is -2.85. The van der Waals surface area contributed by atoms with Crippen LogP contribution in [0.2, 0.25) is 0 Å². The summed E-state index contributed by atoms with van der Waals surface area (Å²) in [5.41, 5.74) is 8.74.